The fourth-order valence-electron chi connectivity index (χ4n) is 3.02. The van der Waals surface area contributed by atoms with Crippen molar-refractivity contribution in [1.82, 2.24) is 10.2 Å². The number of amides is 4. The van der Waals surface area contributed by atoms with E-state index in [1.165, 1.54) is 6.92 Å². The molecule has 7 heteroatoms. The van der Waals surface area contributed by atoms with E-state index in [-0.39, 0.29) is 23.9 Å². The molecule has 2 aromatic carbocycles. The summed E-state index contributed by atoms with van der Waals surface area (Å²) in [6.07, 6.45) is 0.293. The quantitative estimate of drug-likeness (QED) is 0.760. The third kappa shape index (κ3) is 5.31. The second-order valence-corrected chi connectivity index (χ2v) is 6.52. The maximum absolute atomic E-state index is 12.2. The second kappa shape index (κ2) is 8.35. The Labute approximate surface area is 157 Å². The van der Waals surface area contributed by atoms with Gasteiger partial charge < -0.3 is 20.9 Å². The summed E-state index contributed by atoms with van der Waals surface area (Å²) in [6, 6.07) is 16.0. The predicted octanol–water partition coefficient (Wildman–Crippen LogP) is 2.57. The van der Waals surface area contributed by atoms with Gasteiger partial charge in [-0.25, -0.2) is 4.79 Å². The highest BCUT2D eigenvalue weighted by atomic mass is 16.2. The zero-order valence-electron chi connectivity index (χ0n) is 15.1. The molecule has 0 spiro atoms. The van der Waals surface area contributed by atoms with Gasteiger partial charge in [0.1, 0.15) is 0 Å². The molecule has 3 rings (SSSR count). The van der Waals surface area contributed by atoms with E-state index in [1.807, 2.05) is 30.3 Å². The van der Waals surface area contributed by atoms with Crippen molar-refractivity contribution in [3.63, 3.8) is 0 Å². The molecule has 1 heterocycles. The molecule has 1 saturated heterocycles. The molecular formula is C20H22N4O3. The number of hydrogen-bond acceptors (Lipinski definition) is 3. The lowest BCUT2D eigenvalue weighted by molar-refractivity contribution is -0.128. The monoisotopic (exact) mass is 366 g/mol. The number of urea groups is 1. The van der Waals surface area contributed by atoms with Crippen LogP contribution >= 0.6 is 0 Å². The molecule has 2 aromatic rings. The SMILES string of the molecule is CC(=O)Nc1ccc(NC(=O)NC2CC(=O)N(Cc3ccccc3)C2)cc1. The molecule has 7 nitrogen and oxygen atoms in total. The third-order valence-electron chi connectivity index (χ3n) is 4.23. The topological polar surface area (TPSA) is 90.5 Å². The number of nitrogens with zero attached hydrogens (tertiary/aromatic N) is 1. The highest BCUT2D eigenvalue weighted by Gasteiger charge is 2.30. The Bertz CT molecular complexity index is 821. The van der Waals surface area contributed by atoms with Crippen LogP contribution in [0.2, 0.25) is 0 Å². The van der Waals surface area contributed by atoms with Crippen LogP contribution in [0.15, 0.2) is 54.6 Å². The number of carbonyl (C=O) groups excluding carboxylic acids is 3. The van der Waals surface area contributed by atoms with E-state index in [0.717, 1.165) is 5.56 Å². The Hall–Kier alpha value is -3.35. The molecule has 0 radical (unpaired) electrons. The van der Waals surface area contributed by atoms with E-state index in [1.54, 1.807) is 29.2 Å². The first kappa shape index (κ1) is 18.4. The van der Waals surface area contributed by atoms with Crippen LogP contribution in [0.4, 0.5) is 16.2 Å². The Balaban J connectivity index is 1.49. The summed E-state index contributed by atoms with van der Waals surface area (Å²) in [5.74, 6) is -0.122. The van der Waals surface area contributed by atoms with Gasteiger partial charge in [-0.05, 0) is 29.8 Å². The van der Waals surface area contributed by atoms with Crippen LogP contribution in [0.1, 0.15) is 18.9 Å². The summed E-state index contributed by atoms with van der Waals surface area (Å²) in [5.41, 5.74) is 2.33. The lowest BCUT2D eigenvalue weighted by Gasteiger charge is -2.17. The van der Waals surface area contributed by atoms with Gasteiger partial charge in [0.2, 0.25) is 11.8 Å². The van der Waals surface area contributed by atoms with Gasteiger partial charge in [-0.1, -0.05) is 30.3 Å². The molecule has 0 aliphatic carbocycles. The van der Waals surface area contributed by atoms with Gasteiger partial charge in [0, 0.05) is 37.8 Å². The number of nitrogens with one attached hydrogen (secondary N) is 3. The first-order chi connectivity index (χ1) is 13.0. The van der Waals surface area contributed by atoms with Gasteiger partial charge >= 0.3 is 6.03 Å². The molecule has 0 aromatic heterocycles. The van der Waals surface area contributed by atoms with Crippen LogP contribution in [0.25, 0.3) is 0 Å². The maximum atomic E-state index is 12.2. The van der Waals surface area contributed by atoms with Crippen molar-refractivity contribution in [3.8, 4) is 0 Å². The molecule has 0 bridgehead atoms. The molecule has 1 unspecified atom stereocenters. The van der Waals surface area contributed by atoms with Gasteiger partial charge in [-0.2, -0.15) is 0 Å². The fraction of sp³-hybridized carbons (Fsp3) is 0.250. The van der Waals surface area contributed by atoms with Crippen LogP contribution in [-0.4, -0.2) is 35.3 Å². The minimum atomic E-state index is -0.360. The normalized spacial score (nSPS) is 16.1. The minimum absolute atomic E-state index is 0.0313. The molecule has 1 fully saturated rings. The van der Waals surface area contributed by atoms with Gasteiger partial charge in [0.15, 0.2) is 0 Å². The van der Waals surface area contributed by atoms with Gasteiger partial charge in [0.25, 0.3) is 0 Å². The second-order valence-electron chi connectivity index (χ2n) is 6.52. The standard InChI is InChI=1S/C20H22N4O3/c1-14(25)21-16-7-9-17(10-8-16)22-20(27)23-18-11-19(26)24(13-18)12-15-5-3-2-4-6-15/h2-10,18H,11-13H2,1H3,(H,21,25)(H2,22,23,27). The van der Waals surface area contributed by atoms with Crippen LogP contribution in [-0.2, 0) is 16.1 Å². The van der Waals surface area contributed by atoms with E-state index in [4.69, 9.17) is 0 Å². The smallest absolute Gasteiger partial charge is 0.319 e. The molecule has 0 saturated carbocycles. The van der Waals surface area contributed by atoms with E-state index >= 15 is 0 Å². The number of hydrogen-bond donors (Lipinski definition) is 3. The summed E-state index contributed by atoms with van der Waals surface area (Å²) in [6.45, 7) is 2.47. The lowest BCUT2D eigenvalue weighted by atomic mass is 10.2. The molecule has 4 amide bonds. The molecule has 1 aliphatic rings. The molecule has 1 atom stereocenters. The zero-order valence-corrected chi connectivity index (χ0v) is 15.1. The van der Waals surface area contributed by atoms with E-state index in [9.17, 15) is 14.4 Å². The van der Waals surface area contributed by atoms with Crippen molar-refractivity contribution in [1.29, 1.82) is 0 Å². The number of likely N-dealkylation sites (tertiary alicyclic amines) is 1. The Morgan fingerprint density at radius 1 is 1.00 bits per heavy atom. The lowest BCUT2D eigenvalue weighted by Crippen LogP contribution is -2.39. The Kier molecular flexibility index (Phi) is 5.71. The minimum Gasteiger partial charge on any atom is -0.336 e. The van der Waals surface area contributed by atoms with E-state index in [2.05, 4.69) is 16.0 Å². The van der Waals surface area contributed by atoms with Crippen molar-refractivity contribution in [3.05, 3.63) is 60.2 Å². The Morgan fingerprint density at radius 3 is 2.26 bits per heavy atom. The third-order valence-corrected chi connectivity index (χ3v) is 4.23. The maximum Gasteiger partial charge on any atom is 0.319 e. The number of carbonyl (C=O) groups is 3. The summed E-state index contributed by atoms with van der Waals surface area (Å²) in [7, 11) is 0. The van der Waals surface area contributed by atoms with Crippen LogP contribution in [0.5, 0.6) is 0 Å². The van der Waals surface area contributed by atoms with Gasteiger partial charge in [-0.15, -0.1) is 0 Å². The molecule has 27 heavy (non-hydrogen) atoms. The number of rotatable bonds is 5. The largest absolute Gasteiger partial charge is 0.336 e. The molecule has 140 valence electrons. The molecule has 3 N–H and O–H groups in total. The molecular weight excluding hydrogens is 344 g/mol. The summed E-state index contributed by atoms with van der Waals surface area (Å²) in [4.78, 5) is 37.1. The summed E-state index contributed by atoms with van der Waals surface area (Å²) < 4.78 is 0. The van der Waals surface area contributed by atoms with E-state index < -0.39 is 0 Å². The summed E-state index contributed by atoms with van der Waals surface area (Å²) in [5, 5.41) is 8.24. The highest BCUT2D eigenvalue weighted by Crippen LogP contribution is 2.16. The van der Waals surface area contributed by atoms with Crippen molar-refractivity contribution >= 4 is 29.2 Å². The summed E-state index contributed by atoms with van der Waals surface area (Å²) >= 11 is 0. The first-order valence-electron chi connectivity index (χ1n) is 8.76. The van der Waals surface area contributed by atoms with E-state index in [0.29, 0.717) is 30.9 Å². The van der Waals surface area contributed by atoms with Crippen LogP contribution in [0.3, 0.4) is 0 Å². The van der Waals surface area contributed by atoms with Gasteiger partial charge in [-0.3, -0.25) is 9.59 Å². The molecule has 1 aliphatic heterocycles. The average Bonchev–Trinajstić information content (AvgIpc) is 2.96. The highest BCUT2D eigenvalue weighted by molar-refractivity contribution is 5.92. The van der Waals surface area contributed by atoms with Crippen molar-refractivity contribution < 1.29 is 14.4 Å². The fourth-order valence-corrected chi connectivity index (χ4v) is 3.02. The predicted molar refractivity (Wildman–Crippen MR) is 103 cm³/mol. The Morgan fingerprint density at radius 2 is 1.63 bits per heavy atom. The number of benzene rings is 2. The first-order valence-corrected chi connectivity index (χ1v) is 8.76. The van der Waals surface area contributed by atoms with Gasteiger partial charge in [0.05, 0.1) is 6.04 Å². The van der Waals surface area contributed by atoms with Crippen molar-refractivity contribution in [2.75, 3.05) is 17.2 Å². The average molecular weight is 366 g/mol. The van der Waals surface area contributed by atoms with Crippen molar-refractivity contribution in [2.24, 2.45) is 0 Å². The number of anilines is 2. The van der Waals surface area contributed by atoms with Crippen LogP contribution in [0, 0.1) is 0 Å². The zero-order chi connectivity index (χ0) is 19.2. The van der Waals surface area contributed by atoms with Crippen molar-refractivity contribution in [2.45, 2.75) is 25.9 Å². The van der Waals surface area contributed by atoms with Crippen LogP contribution < -0.4 is 16.0 Å².